The molecule has 1 aromatic heterocycles. The van der Waals surface area contributed by atoms with E-state index < -0.39 is 11.9 Å². The number of allylic oxidation sites excluding steroid dienone is 1. The first kappa shape index (κ1) is 24.0. The number of hydrogen-bond donors (Lipinski definition) is 1. The summed E-state index contributed by atoms with van der Waals surface area (Å²) < 4.78 is 13.4. The van der Waals surface area contributed by atoms with Crippen LogP contribution in [0.1, 0.15) is 44.3 Å². The van der Waals surface area contributed by atoms with E-state index in [1.54, 1.807) is 61.5 Å². The zero-order chi connectivity index (χ0) is 24.9. The normalized spacial score (nSPS) is 11.7. The van der Waals surface area contributed by atoms with Gasteiger partial charge in [0.25, 0.3) is 0 Å². The second-order valence-electron chi connectivity index (χ2n) is 7.92. The fourth-order valence-electron chi connectivity index (χ4n) is 3.70. The van der Waals surface area contributed by atoms with Gasteiger partial charge in [0.05, 0.1) is 29.5 Å². The van der Waals surface area contributed by atoms with Crippen LogP contribution in [0.4, 0.5) is 0 Å². The average Bonchev–Trinajstić information content (AvgIpc) is 3.32. The topological polar surface area (TPSA) is 106 Å². The first-order valence-electron chi connectivity index (χ1n) is 10.9. The number of ketones is 1. The Morgan fingerprint density at radius 3 is 2.14 bits per heavy atom. The average molecular weight is 487 g/mol. The third-order valence-electron chi connectivity index (χ3n) is 5.49. The molecule has 0 atom stereocenters. The zero-order valence-corrected chi connectivity index (χ0v) is 20.0. The lowest BCUT2D eigenvalue weighted by atomic mass is 9.89. The van der Waals surface area contributed by atoms with E-state index in [9.17, 15) is 19.5 Å². The predicted molar refractivity (Wildman–Crippen MR) is 134 cm³/mol. The molecule has 0 saturated carbocycles. The number of Topliss-reactive ketones (excluding diaryl/α,β-unsaturated/α-hetero) is 1. The number of hydrogen-bond acceptors (Lipinski definition) is 7. The summed E-state index contributed by atoms with van der Waals surface area (Å²) in [6.45, 7) is 3.90. The van der Waals surface area contributed by atoms with Crippen LogP contribution in [0, 0.1) is 6.92 Å². The Morgan fingerprint density at radius 2 is 1.49 bits per heavy atom. The molecule has 3 aromatic carbocycles. The molecule has 1 heterocycles. The maximum absolute atomic E-state index is 13.6. The van der Waals surface area contributed by atoms with Gasteiger partial charge in [0, 0.05) is 17.6 Å². The van der Waals surface area contributed by atoms with Crippen molar-refractivity contribution in [1.82, 2.24) is 8.75 Å². The van der Waals surface area contributed by atoms with E-state index in [2.05, 4.69) is 8.75 Å². The number of carboxylic acids is 1. The van der Waals surface area contributed by atoms with Gasteiger partial charge >= 0.3 is 11.9 Å². The van der Waals surface area contributed by atoms with Crippen molar-refractivity contribution in [3.63, 3.8) is 0 Å². The molecule has 0 unspecified atom stereocenters. The van der Waals surface area contributed by atoms with Crippen molar-refractivity contribution in [3.8, 4) is 0 Å². The monoisotopic (exact) mass is 486 g/mol. The van der Waals surface area contributed by atoms with Gasteiger partial charge < -0.3 is 9.84 Å². The van der Waals surface area contributed by atoms with Crippen LogP contribution in [-0.2, 0) is 16.0 Å². The molecule has 0 amide bonds. The standard InChI is InChI=1S/C27H22N2O5S/c1-3-34-27(33)19-10-6-17(7-11-19)14-21(25(30)18-8-4-16(2)5-9-18)24(26(31)32)20-12-13-22-23(15-20)29-35-28-22/h4-13,15H,3,14H2,1-2H3,(H,31,32)/b24-21+. The molecular formula is C27H22N2O5S. The molecule has 0 fully saturated rings. The molecule has 7 nitrogen and oxygen atoms in total. The number of carbonyl (C=O) groups is 3. The third-order valence-corrected chi connectivity index (χ3v) is 6.05. The number of aryl methyl sites for hydroxylation is 1. The summed E-state index contributed by atoms with van der Waals surface area (Å²) in [6.07, 6.45) is 0.0603. The van der Waals surface area contributed by atoms with Gasteiger partial charge in [-0.2, -0.15) is 8.75 Å². The number of aromatic nitrogens is 2. The van der Waals surface area contributed by atoms with Gasteiger partial charge in [0.15, 0.2) is 5.78 Å². The number of esters is 1. The third kappa shape index (κ3) is 5.33. The Kier molecular flexibility index (Phi) is 7.12. The molecular weight excluding hydrogens is 464 g/mol. The summed E-state index contributed by atoms with van der Waals surface area (Å²) in [4.78, 5) is 38.1. The summed E-state index contributed by atoms with van der Waals surface area (Å²) in [6, 6.07) is 18.6. The number of rotatable bonds is 8. The van der Waals surface area contributed by atoms with Crippen LogP contribution < -0.4 is 0 Å². The van der Waals surface area contributed by atoms with Crippen LogP contribution in [0.3, 0.4) is 0 Å². The van der Waals surface area contributed by atoms with E-state index in [1.807, 2.05) is 19.1 Å². The maximum Gasteiger partial charge on any atom is 0.338 e. The molecule has 0 aliphatic carbocycles. The molecule has 4 aromatic rings. The number of carbonyl (C=O) groups excluding carboxylic acids is 2. The van der Waals surface area contributed by atoms with E-state index in [4.69, 9.17) is 4.74 Å². The summed E-state index contributed by atoms with van der Waals surface area (Å²) in [5, 5.41) is 10.2. The van der Waals surface area contributed by atoms with Crippen molar-refractivity contribution in [1.29, 1.82) is 0 Å². The Morgan fingerprint density at radius 1 is 0.857 bits per heavy atom. The summed E-state index contributed by atoms with van der Waals surface area (Å²) in [7, 11) is 0. The Bertz CT molecular complexity index is 1440. The van der Waals surface area contributed by atoms with Crippen LogP contribution >= 0.6 is 11.7 Å². The van der Waals surface area contributed by atoms with Gasteiger partial charge in [0.2, 0.25) is 0 Å². The Balaban J connectivity index is 1.83. The number of ether oxygens (including phenoxy) is 1. The molecule has 8 heteroatoms. The fraction of sp³-hybridized carbons (Fsp3) is 0.148. The van der Waals surface area contributed by atoms with E-state index in [0.29, 0.717) is 33.3 Å². The molecule has 0 spiro atoms. The van der Waals surface area contributed by atoms with Crippen molar-refractivity contribution in [2.45, 2.75) is 20.3 Å². The molecule has 176 valence electrons. The molecule has 0 bridgehead atoms. The van der Waals surface area contributed by atoms with E-state index in [-0.39, 0.29) is 30.0 Å². The van der Waals surface area contributed by atoms with Crippen LogP contribution in [0.5, 0.6) is 0 Å². The molecule has 4 rings (SSSR count). The minimum Gasteiger partial charge on any atom is -0.478 e. The predicted octanol–water partition coefficient (Wildman–Crippen LogP) is 5.14. The smallest absolute Gasteiger partial charge is 0.338 e. The van der Waals surface area contributed by atoms with Gasteiger partial charge in [-0.05, 0) is 49.2 Å². The highest BCUT2D eigenvalue weighted by Gasteiger charge is 2.24. The largest absolute Gasteiger partial charge is 0.478 e. The van der Waals surface area contributed by atoms with Crippen molar-refractivity contribution in [3.05, 3.63) is 100 Å². The number of benzene rings is 3. The highest BCUT2D eigenvalue weighted by molar-refractivity contribution is 7.00. The highest BCUT2D eigenvalue weighted by atomic mass is 32.1. The maximum atomic E-state index is 13.6. The van der Waals surface area contributed by atoms with Gasteiger partial charge in [0.1, 0.15) is 11.0 Å². The van der Waals surface area contributed by atoms with Crippen LogP contribution in [0.15, 0.2) is 72.3 Å². The highest BCUT2D eigenvalue weighted by Crippen LogP contribution is 2.28. The number of nitrogens with zero attached hydrogens (tertiary/aromatic N) is 2. The SMILES string of the molecule is CCOC(=O)c1ccc(C/C(C(=O)c2ccc(C)cc2)=C(\C(=O)O)c2ccc3nsnc3c2)cc1. The fourth-order valence-corrected chi connectivity index (χ4v) is 4.22. The van der Waals surface area contributed by atoms with E-state index in [0.717, 1.165) is 17.3 Å². The Labute approximate surface area is 206 Å². The molecule has 1 N–H and O–H groups in total. The lowest BCUT2D eigenvalue weighted by molar-refractivity contribution is -0.130. The van der Waals surface area contributed by atoms with Crippen molar-refractivity contribution < 1.29 is 24.2 Å². The van der Waals surface area contributed by atoms with E-state index >= 15 is 0 Å². The first-order valence-corrected chi connectivity index (χ1v) is 11.7. The number of carboxylic acid groups (broad SMARTS) is 1. The van der Waals surface area contributed by atoms with Crippen molar-refractivity contribution >= 4 is 46.1 Å². The lowest BCUT2D eigenvalue weighted by Gasteiger charge is -2.14. The number of fused-ring (bicyclic) bond motifs is 1. The molecule has 0 aliphatic rings. The van der Waals surface area contributed by atoms with Gasteiger partial charge in [-0.25, -0.2) is 9.59 Å². The van der Waals surface area contributed by atoms with Crippen LogP contribution in [-0.4, -0.2) is 38.2 Å². The van der Waals surface area contributed by atoms with Crippen LogP contribution in [0.25, 0.3) is 16.6 Å². The second kappa shape index (κ2) is 10.4. The zero-order valence-electron chi connectivity index (χ0n) is 19.1. The van der Waals surface area contributed by atoms with Crippen LogP contribution in [0.2, 0.25) is 0 Å². The Hall–Kier alpha value is -4.17. The summed E-state index contributed by atoms with van der Waals surface area (Å²) in [5.74, 6) is -2.04. The minimum atomic E-state index is -1.22. The van der Waals surface area contributed by atoms with Crippen molar-refractivity contribution in [2.75, 3.05) is 6.61 Å². The van der Waals surface area contributed by atoms with Gasteiger partial charge in [-0.15, -0.1) is 0 Å². The first-order chi connectivity index (χ1) is 16.9. The molecule has 0 saturated heterocycles. The second-order valence-corrected chi connectivity index (χ2v) is 8.44. The number of aliphatic carboxylic acids is 1. The molecule has 35 heavy (non-hydrogen) atoms. The quantitative estimate of drug-likeness (QED) is 0.209. The minimum absolute atomic E-state index is 0.0603. The van der Waals surface area contributed by atoms with Gasteiger partial charge in [-0.1, -0.05) is 48.0 Å². The summed E-state index contributed by atoms with van der Waals surface area (Å²) in [5.41, 5.74) is 4.07. The molecule has 0 radical (unpaired) electrons. The summed E-state index contributed by atoms with van der Waals surface area (Å²) >= 11 is 1.04. The molecule has 0 aliphatic heterocycles. The van der Waals surface area contributed by atoms with E-state index in [1.165, 1.54) is 0 Å². The van der Waals surface area contributed by atoms with Gasteiger partial charge in [-0.3, -0.25) is 4.79 Å². The van der Waals surface area contributed by atoms with Crippen molar-refractivity contribution in [2.24, 2.45) is 0 Å². The lowest BCUT2D eigenvalue weighted by Crippen LogP contribution is -2.14.